The smallest absolute Gasteiger partial charge is 0.271 e. The number of nitrogens with zero attached hydrogens (tertiary/aromatic N) is 2. The summed E-state index contributed by atoms with van der Waals surface area (Å²) in [5.74, 6) is 1.50. The van der Waals surface area contributed by atoms with Crippen LogP contribution in [0, 0.1) is 0 Å². The number of hydrogen-bond acceptors (Lipinski definition) is 5. The molecule has 1 aliphatic heterocycles. The second-order valence-corrected chi connectivity index (χ2v) is 11.8. The normalized spacial score (nSPS) is 15.9. The molecule has 0 radical (unpaired) electrons. The van der Waals surface area contributed by atoms with Crippen molar-refractivity contribution in [3.63, 3.8) is 0 Å². The second-order valence-electron chi connectivity index (χ2n) is 10.3. The molecule has 42 heavy (non-hydrogen) atoms. The SMILES string of the molecule is COc1cccc([C@@H]2C3=C(N=c4s/c(=C/c5ccc(OCc6ccccc6Cl)cc5)c(=O)n42)c2ccccc2CC3)c1. The molecule has 0 bridgehead atoms. The lowest BCUT2D eigenvalue weighted by Crippen LogP contribution is -2.38. The van der Waals surface area contributed by atoms with Gasteiger partial charge in [-0.2, -0.15) is 0 Å². The molecule has 1 aromatic heterocycles. The van der Waals surface area contributed by atoms with Crippen molar-refractivity contribution < 1.29 is 9.47 Å². The predicted molar refractivity (Wildman–Crippen MR) is 168 cm³/mol. The van der Waals surface area contributed by atoms with Crippen LogP contribution in [0.3, 0.4) is 0 Å². The van der Waals surface area contributed by atoms with E-state index in [-0.39, 0.29) is 11.6 Å². The zero-order valence-corrected chi connectivity index (χ0v) is 24.5. The first kappa shape index (κ1) is 26.5. The van der Waals surface area contributed by atoms with Crippen molar-refractivity contribution >= 4 is 34.7 Å². The van der Waals surface area contributed by atoms with Crippen LogP contribution in [0.2, 0.25) is 5.02 Å². The second kappa shape index (κ2) is 11.1. The zero-order valence-electron chi connectivity index (χ0n) is 22.9. The Balaban J connectivity index is 1.28. The molecule has 1 aliphatic carbocycles. The third-order valence-electron chi connectivity index (χ3n) is 7.81. The first-order valence-electron chi connectivity index (χ1n) is 13.8. The minimum absolute atomic E-state index is 0.0453. The summed E-state index contributed by atoms with van der Waals surface area (Å²) in [5, 5.41) is 0.682. The van der Waals surface area contributed by atoms with E-state index in [1.165, 1.54) is 22.5 Å². The summed E-state index contributed by atoms with van der Waals surface area (Å²) in [6, 6.07) is 31.6. The highest BCUT2D eigenvalue weighted by Gasteiger charge is 2.32. The highest BCUT2D eigenvalue weighted by molar-refractivity contribution is 7.07. The lowest BCUT2D eigenvalue weighted by atomic mass is 9.83. The predicted octanol–water partition coefficient (Wildman–Crippen LogP) is 6.56. The lowest BCUT2D eigenvalue weighted by Gasteiger charge is -2.31. The summed E-state index contributed by atoms with van der Waals surface area (Å²) in [6.07, 6.45) is 3.69. The topological polar surface area (TPSA) is 52.8 Å². The van der Waals surface area contributed by atoms with E-state index in [1.807, 2.05) is 77.4 Å². The van der Waals surface area contributed by atoms with Crippen molar-refractivity contribution in [2.75, 3.05) is 7.11 Å². The number of ether oxygens (including phenoxy) is 2. The molecule has 1 atom stereocenters. The molecule has 2 aliphatic rings. The lowest BCUT2D eigenvalue weighted by molar-refractivity contribution is 0.306. The molecule has 0 saturated heterocycles. The number of benzene rings is 4. The number of allylic oxidation sites excluding steroid dienone is 1. The number of aryl methyl sites for hydroxylation is 1. The van der Waals surface area contributed by atoms with Crippen LogP contribution in [0.1, 0.15) is 40.3 Å². The van der Waals surface area contributed by atoms with Crippen LogP contribution in [-0.2, 0) is 13.0 Å². The van der Waals surface area contributed by atoms with Gasteiger partial charge >= 0.3 is 0 Å². The fourth-order valence-electron chi connectivity index (χ4n) is 5.72. The van der Waals surface area contributed by atoms with Gasteiger partial charge in [0.25, 0.3) is 5.56 Å². The Morgan fingerprint density at radius 3 is 2.60 bits per heavy atom. The molecule has 2 heterocycles. The Bertz CT molecular complexity index is 2020. The molecule has 0 amide bonds. The standard InChI is InChI=1S/C35H27ClN2O3S/c1-40-27-10-6-9-24(20-27)33-29-18-15-23-7-2-4-11-28(23)32(29)37-35-38(33)34(39)31(42-35)19-22-13-16-26(17-14-22)41-21-25-8-3-5-12-30(25)36/h2-14,16-17,19-20,33H,15,18,21H2,1H3/b31-19+/t33-/m1/s1. The van der Waals surface area contributed by atoms with Gasteiger partial charge in [0.1, 0.15) is 18.1 Å². The van der Waals surface area contributed by atoms with Crippen LogP contribution in [0.25, 0.3) is 11.8 Å². The molecule has 7 rings (SSSR count). The summed E-state index contributed by atoms with van der Waals surface area (Å²) in [4.78, 5) is 19.8. The van der Waals surface area contributed by atoms with Gasteiger partial charge in [-0.3, -0.25) is 9.36 Å². The maximum Gasteiger partial charge on any atom is 0.271 e. The van der Waals surface area contributed by atoms with Crippen molar-refractivity contribution in [3.8, 4) is 11.5 Å². The summed E-state index contributed by atoms with van der Waals surface area (Å²) < 4.78 is 14.0. The van der Waals surface area contributed by atoms with Gasteiger partial charge in [0.05, 0.1) is 23.4 Å². The minimum Gasteiger partial charge on any atom is -0.497 e. The number of aromatic nitrogens is 1. The maximum atomic E-state index is 14.0. The monoisotopic (exact) mass is 590 g/mol. The van der Waals surface area contributed by atoms with Gasteiger partial charge in [-0.25, -0.2) is 4.99 Å². The zero-order chi connectivity index (χ0) is 28.6. The summed E-state index contributed by atoms with van der Waals surface area (Å²) in [6.45, 7) is 0.385. The number of thiazole rings is 1. The molecule has 0 fully saturated rings. The Kier molecular flexibility index (Phi) is 7.02. The highest BCUT2D eigenvalue weighted by Crippen LogP contribution is 2.41. The van der Waals surface area contributed by atoms with Crippen molar-refractivity contribution in [1.82, 2.24) is 4.57 Å². The number of rotatable bonds is 6. The average molecular weight is 591 g/mol. The fourth-order valence-corrected chi connectivity index (χ4v) is 6.91. The van der Waals surface area contributed by atoms with E-state index in [2.05, 4.69) is 30.3 Å². The molecule has 0 spiro atoms. The first-order valence-corrected chi connectivity index (χ1v) is 15.0. The van der Waals surface area contributed by atoms with Crippen LogP contribution in [0.5, 0.6) is 11.5 Å². The van der Waals surface area contributed by atoms with Crippen LogP contribution in [0.15, 0.2) is 112 Å². The van der Waals surface area contributed by atoms with Crippen LogP contribution in [0.4, 0.5) is 0 Å². The quantitative estimate of drug-likeness (QED) is 0.225. The third kappa shape index (κ3) is 4.87. The van der Waals surface area contributed by atoms with Crippen molar-refractivity contribution in [2.24, 2.45) is 4.99 Å². The van der Waals surface area contributed by atoms with Gasteiger partial charge in [-0.1, -0.05) is 89.7 Å². The summed E-state index contributed by atoms with van der Waals surface area (Å²) in [7, 11) is 1.67. The third-order valence-corrected chi connectivity index (χ3v) is 9.16. The number of halogens is 1. The summed E-state index contributed by atoms with van der Waals surface area (Å²) >= 11 is 7.69. The summed E-state index contributed by atoms with van der Waals surface area (Å²) in [5.41, 5.74) is 7.41. The van der Waals surface area contributed by atoms with Gasteiger partial charge < -0.3 is 9.47 Å². The van der Waals surface area contributed by atoms with Gasteiger partial charge in [0.2, 0.25) is 0 Å². The van der Waals surface area contributed by atoms with Crippen molar-refractivity contribution in [3.05, 3.63) is 155 Å². The van der Waals surface area contributed by atoms with Crippen molar-refractivity contribution in [2.45, 2.75) is 25.5 Å². The molecule has 7 heteroatoms. The first-order chi connectivity index (χ1) is 20.6. The van der Waals surface area contributed by atoms with E-state index < -0.39 is 0 Å². The Morgan fingerprint density at radius 1 is 0.952 bits per heavy atom. The Labute approximate surface area is 252 Å². The molecule has 5 aromatic rings. The molecular formula is C35H27ClN2O3S. The van der Waals surface area contributed by atoms with Crippen molar-refractivity contribution in [1.29, 1.82) is 0 Å². The largest absolute Gasteiger partial charge is 0.497 e. The molecule has 0 N–H and O–H groups in total. The minimum atomic E-state index is -0.248. The van der Waals surface area contributed by atoms with Crippen LogP contribution >= 0.6 is 22.9 Å². The molecule has 0 saturated carbocycles. The van der Waals surface area contributed by atoms with E-state index in [1.54, 1.807) is 7.11 Å². The Morgan fingerprint density at radius 2 is 1.76 bits per heavy atom. The molecule has 0 unspecified atom stereocenters. The molecule has 208 valence electrons. The van der Waals surface area contributed by atoms with E-state index in [0.717, 1.165) is 52.3 Å². The van der Waals surface area contributed by atoms with Gasteiger partial charge in [-0.05, 0) is 71.5 Å². The Hall–Kier alpha value is -4.39. The van der Waals surface area contributed by atoms with Crippen LogP contribution in [-0.4, -0.2) is 11.7 Å². The molecule has 4 aromatic carbocycles. The van der Waals surface area contributed by atoms with Gasteiger partial charge in [0.15, 0.2) is 4.80 Å². The molecular weight excluding hydrogens is 564 g/mol. The average Bonchev–Trinajstić information content (AvgIpc) is 3.34. The number of fused-ring (bicyclic) bond motifs is 3. The van der Waals surface area contributed by atoms with E-state index >= 15 is 0 Å². The highest BCUT2D eigenvalue weighted by atomic mass is 35.5. The van der Waals surface area contributed by atoms with Crippen LogP contribution < -0.4 is 24.4 Å². The fraction of sp³-hybridized carbons (Fsp3) is 0.143. The number of hydrogen-bond donors (Lipinski definition) is 0. The van der Waals surface area contributed by atoms with Gasteiger partial charge in [-0.15, -0.1) is 0 Å². The van der Waals surface area contributed by atoms with E-state index in [9.17, 15) is 4.79 Å². The van der Waals surface area contributed by atoms with Gasteiger partial charge in [0, 0.05) is 16.1 Å². The number of methoxy groups -OCH3 is 1. The molecule has 5 nitrogen and oxygen atoms in total. The van der Waals surface area contributed by atoms with E-state index in [0.29, 0.717) is 21.0 Å². The maximum absolute atomic E-state index is 14.0. The van der Waals surface area contributed by atoms with E-state index in [4.69, 9.17) is 26.1 Å².